The molecule has 5 aromatic rings. The Kier molecular flexibility index (Phi) is 15.5. The van der Waals surface area contributed by atoms with Crippen LogP contribution in [0.5, 0.6) is 0 Å². The number of nitrogens with zero attached hydrogens (tertiary/aromatic N) is 1. The van der Waals surface area contributed by atoms with Crippen molar-refractivity contribution in [3.63, 3.8) is 0 Å². The summed E-state index contributed by atoms with van der Waals surface area (Å²) in [6, 6.07) is 12.7. The summed E-state index contributed by atoms with van der Waals surface area (Å²) in [6.45, 7) is 16.5. The maximum atomic E-state index is 14.7. The first-order valence-electron chi connectivity index (χ1n) is 16.4. The Bertz CT molecular complexity index is 1790. The van der Waals surface area contributed by atoms with Gasteiger partial charge < -0.3 is 21.9 Å². The number of carbonyl (C=O) groups is 1. The van der Waals surface area contributed by atoms with Crippen LogP contribution >= 0.6 is 11.3 Å². The summed E-state index contributed by atoms with van der Waals surface area (Å²) in [7, 11) is 0. The monoisotopic (exact) mass is 836 g/mol. The van der Waals surface area contributed by atoms with Crippen molar-refractivity contribution in [1.29, 1.82) is 0 Å². The summed E-state index contributed by atoms with van der Waals surface area (Å²) in [6.07, 6.45) is 7.81. The second-order valence-electron chi connectivity index (χ2n) is 12.6. The van der Waals surface area contributed by atoms with Crippen LogP contribution in [0, 0.1) is 37.1 Å². The van der Waals surface area contributed by atoms with Crippen molar-refractivity contribution in [1.82, 2.24) is 4.98 Å². The van der Waals surface area contributed by atoms with Gasteiger partial charge in [-0.15, -0.1) is 18.2 Å². The first-order valence-corrected chi connectivity index (χ1v) is 17.3. The van der Waals surface area contributed by atoms with Crippen LogP contribution < -0.4 is 0 Å². The molecule has 5 rings (SSSR count). The van der Waals surface area contributed by atoms with Crippen molar-refractivity contribution in [3.8, 4) is 11.3 Å². The second-order valence-corrected chi connectivity index (χ2v) is 13.5. The zero-order valence-electron chi connectivity index (χ0n) is 29.3. The van der Waals surface area contributed by atoms with E-state index in [1.807, 2.05) is 65.9 Å². The van der Waals surface area contributed by atoms with E-state index in [2.05, 4.69) is 31.4 Å². The van der Waals surface area contributed by atoms with Gasteiger partial charge in [0.2, 0.25) is 0 Å². The number of benzene rings is 2. The van der Waals surface area contributed by atoms with Gasteiger partial charge in [0, 0.05) is 60.0 Å². The number of ketones is 1. The molecule has 1 radical (unpaired) electrons. The average molecular weight is 836 g/mol. The number of aliphatic hydroxyl groups is 1. The molecule has 3 heterocycles. The molecule has 0 aliphatic rings. The number of fused-ring (bicyclic) bond motifs is 4. The van der Waals surface area contributed by atoms with E-state index in [9.17, 15) is 14.3 Å². The Morgan fingerprint density at radius 1 is 1.00 bits per heavy atom. The van der Waals surface area contributed by atoms with E-state index in [-0.39, 0.29) is 62.6 Å². The SMILES string of the molecule is CC(C)Cc1csc2c(-c3[c-]ccc4c3oc3cc(C(C)C)c(F)cc34)nccc12.CCC(CC)C(=O)/C=C(\O)C(CC)CC.[CH3-].[Ir]. The molecule has 4 nitrogen and oxygen atoms in total. The maximum absolute atomic E-state index is 14.7. The molecular weight excluding hydrogens is 786 g/mol. The van der Waals surface area contributed by atoms with E-state index in [1.165, 1.54) is 17.0 Å². The summed E-state index contributed by atoms with van der Waals surface area (Å²) >= 11 is 1.72. The molecule has 7 heteroatoms. The van der Waals surface area contributed by atoms with Gasteiger partial charge in [0.25, 0.3) is 0 Å². The van der Waals surface area contributed by atoms with Gasteiger partial charge in [-0.2, -0.15) is 11.3 Å². The summed E-state index contributed by atoms with van der Waals surface area (Å²) in [5.74, 6) is 1.04. The maximum Gasteiger partial charge on any atom is 0.162 e. The Morgan fingerprint density at radius 3 is 2.26 bits per heavy atom. The number of furan rings is 1. The standard InChI is InChI=1S/C26H23FNOS.C13H24O2.CH3.Ir/c1-14(2)10-16-13-30-26-17(16)8-9-28-24(26)19-7-5-6-18-21-11-22(27)20(15(3)4)12-23(21)29-25(18)19;1-5-10(6-2)12(14)9-13(15)11(7-3)8-4;;/h5-6,8-9,11-15H,10H2,1-4H3;9-11,14H,5-8H2,1-4H3;1H3;/q-1;;-1;/b;12-9-;;. The van der Waals surface area contributed by atoms with Crippen LogP contribution in [0.15, 0.2) is 58.2 Å². The zero-order chi connectivity index (χ0) is 32.8. The van der Waals surface area contributed by atoms with Crippen molar-refractivity contribution >= 4 is 49.1 Å². The number of hydrogen-bond acceptors (Lipinski definition) is 5. The predicted octanol–water partition coefficient (Wildman–Crippen LogP) is 12.4. The fraction of sp³-hybridized carbons (Fsp3) is 0.425. The Balaban J connectivity index is 0.000000390. The van der Waals surface area contributed by atoms with Gasteiger partial charge in [0.1, 0.15) is 11.4 Å². The smallest absolute Gasteiger partial charge is 0.162 e. The fourth-order valence-electron chi connectivity index (χ4n) is 5.96. The quantitative estimate of drug-likeness (QED) is 0.0818. The number of pyridine rings is 1. The molecule has 2 aromatic carbocycles. The summed E-state index contributed by atoms with van der Waals surface area (Å²) < 4.78 is 22.1. The van der Waals surface area contributed by atoms with Gasteiger partial charge in [-0.05, 0) is 84.0 Å². The number of aromatic nitrogens is 1. The first kappa shape index (κ1) is 40.3. The van der Waals surface area contributed by atoms with Crippen LogP contribution in [0.4, 0.5) is 4.39 Å². The minimum Gasteiger partial charge on any atom is -0.512 e. The largest absolute Gasteiger partial charge is 0.512 e. The van der Waals surface area contributed by atoms with Crippen LogP contribution in [0.2, 0.25) is 0 Å². The summed E-state index contributed by atoms with van der Waals surface area (Å²) in [4.78, 5) is 16.4. The minimum absolute atomic E-state index is 0. The van der Waals surface area contributed by atoms with Crippen molar-refractivity contribution in [2.45, 2.75) is 93.4 Å². The first-order chi connectivity index (χ1) is 21.5. The molecule has 0 unspecified atom stereocenters. The van der Waals surface area contributed by atoms with E-state index in [1.54, 1.807) is 17.4 Å². The van der Waals surface area contributed by atoms with Crippen LogP contribution in [-0.4, -0.2) is 15.9 Å². The Morgan fingerprint density at radius 2 is 1.66 bits per heavy atom. The molecule has 0 amide bonds. The number of aliphatic hydroxyl groups excluding tert-OH is 1. The number of allylic oxidation sites excluding steroid dienone is 2. The van der Waals surface area contributed by atoms with Crippen LogP contribution in [-0.2, 0) is 31.3 Å². The number of halogens is 1. The van der Waals surface area contributed by atoms with Gasteiger partial charge in [-0.1, -0.05) is 66.3 Å². The van der Waals surface area contributed by atoms with Crippen LogP contribution in [0.25, 0.3) is 43.3 Å². The van der Waals surface area contributed by atoms with E-state index in [0.717, 1.165) is 58.8 Å². The van der Waals surface area contributed by atoms with Crippen LogP contribution in [0.3, 0.4) is 0 Å². The normalized spacial score (nSPS) is 11.8. The summed E-state index contributed by atoms with van der Waals surface area (Å²) in [5.41, 5.74) is 5.15. The molecule has 47 heavy (non-hydrogen) atoms. The Hall–Kier alpha value is -2.86. The van der Waals surface area contributed by atoms with Gasteiger partial charge in [-0.3, -0.25) is 4.79 Å². The molecule has 0 aliphatic carbocycles. The van der Waals surface area contributed by atoms with Crippen LogP contribution in [0.1, 0.15) is 98.1 Å². The number of rotatable bonds is 11. The topological polar surface area (TPSA) is 63.3 Å². The van der Waals surface area contributed by atoms with Crippen molar-refractivity contribution < 1.29 is 38.8 Å². The van der Waals surface area contributed by atoms with Gasteiger partial charge in [0.15, 0.2) is 5.78 Å². The van der Waals surface area contributed by atoms with E-state index < -0.39 is 0 Å². The molecule has 0 aliphatic heterocycles. The number of thiophene rings is 1. The molecule has 3 aromatic heterocycles. The molecule has 0 spiro atoms. The van der Waals surface area contributed by atoms with Crippen molar-refractivity contribution in [3.05, 3.63) is 84.2 Å². The van der Waals surface area contributed by atoms with E-state index in [0.29, 0.717) is 22.6 Å². The third-order valence-corrected chi connectivity index (χ3v) is 9.74. The van der Waals surface area contributed by atoms with Crippen molar-refractivity contribution in [2.24, 2.45) is 17.8 Å². The van der Waals surface area contributed by atoms with Gasteiger partial charge in [0.05, 0.1) is 11.3 Å². The second kappa shape index (κ2) is 18.1. The summed E-state index contributed by atoms with van der Waals surface area (Å²) in [5, 5.41) is 14.9. The molecule has 0 saturated carbocycles. The minimum atomic E-state index is -0.189. The average Bonchev–Trinajstić information content (AvgIpc) is 3.58. The molecule has 1 N–H and O–H groups in total. The molecule has 0 saturated heterocycles. The Labute approximate surface area is 298 Å². The zero-order valence-corrected chi connectivity index (χ0v) is 32.5. The third kappa shape index (κ3) is 8.99. The predicted molar refractivity (Wildman–Crippen MR) is 194 cm³/mol. The number of hydrogen-bond donors (Lipinski definition) is 1. The molecule has 257 valence electrons. The van der Waals surface area contributed by atoms with Gasteiger partial charge in [-0.25, -0.2) is 4.39 Å². The number of carbonyl (C=O) groups excluding carboxylic acids is 1. The molecule has 0 bridgehead atoms. The van der Waals surface area contributed by atoms with Gasteiger partial charge >= 0.3 is 0 Å². The third-order valence-electron chi connectivity index (χ3n) is 8.69. The van der Waals surface area contributed by atoms with E-state index >= 15 is 0 Å². The van der Waals surface area contributed by atoms with Crippen molar-refractivity contribution in [2.75, 3.05) is 0 Å². The molecular formula is C40H50FIrNO3S-2. The molecule has 0 atom stereocenters. The fourth-order valence-corrected chi connectivity index (χ4v) is 7.04. The molecule has 0 fully saturated rings. The van der Waals surface area contributed by atoms with E-state index in [4.69, 9.17) is 9.40 Å².